The number of aryl methyl sites for hydroxylation is 1. The first-order valence-corrected chi connectivity index (χ1v) is 19.4. The molecule has 290 valence electrons. The van der Waals surface area contributed by atoms with Crippen molar-refractivity contribution in [3.05, 3.63) is 131 Å². The number of nitrogens with one attached hydrogen (secondary N) is 4. The van der Waals surface area contributed by atoms with Crippen LogP contribution in [0.5, 0.6) is 5.75 Å². The molecule has 7 N–H and O–H groups in total. The van der Waals surface area contributed by atoms with Crippen LogP contribution in [0.1, 0.15) is 54.4 Å². The largest absolute Gasteiger partial charge is 0.508 e. The third-order valence-electron chi connectivity index (χ3n) is 10.2. The number of para-hydroxylation sites is 1. The fraction of sp³-hybridized carbons (Fsp3) is 0.295. The van der Waals surface area contributed by atoms with E-state index in [4.69, 9.17) is 17.3 Å². The Morgan fingerprint density at radius 1 is 0.732 bits per heavy atom. The number of aromatic nitrogens is 3. The summed E-state index contributed by atoms with van der Waals surface area (Å²) in [5, 5.41) is 18.5. The average molecular weight is 775 g/mol. The molecule has 0 fully saturated rings. The molecule has 0 aliphatic heterocycles. The van der Waals surface area contributed by atoms with Crippen molar-refractivity contribution in [2.24, 2.45) is 11.7 Å². The lowest BCUT2D eigenvalue weighted by Gasteiger charge is -2.24. The second kappa shape index (κ2) is 19.2. The molecule has 3 heterocycles. The summed E-state index contributed by atoms with van der Waals surface area (Å²) in [6.45, 7) is 0.319. The fourth-order valence-corrected chi connectivity index (χ4v) is 7.26. The van der Waals surface area contributed by atoms with Gasteiger partial charge in [0.1, 0.15) is 5.75 Å². The van der Waals surface area contributed by atoms with Crippen LogP contribution >= 0.6 is 11.6 Å². The van der Waals surface area contributed by atoms with Crippen molar-refractivity contribution in [2.45, 2.75) is 69.9 Å². The second-order valence-electron chi connectivity index (χ2n) is 14.3. The van der Waals surface area contributed by atoms with Gasteiger partial charge in [-0.2, -0.15) is 0 Å². The van der Waals surface area contributed by atoms with Gasteiger partial charge in [0, 0.05) is 83.2 Å². The number of nitrogens with two attached hydrogens (primary N) is 1. The number of pyridine rings is 1. The number of fused-ring (bicyclic) bond motifs is 2. The molecule has 12 heteroatoms. The van der Waals surface area contributed by atoms with Crippen LogP contribution in [0.2, 0.25) is 5.02 Å². The molecule has 0 saturated carbocycles. The first kappa shape index (κ1) is 39.9. The summed E-state index contributed by atoms with van der Waals surface area (Å²) in [6.07, 6.45) is 9.51. The van der Waals surface area contributed by atoms with E-state index >= 15 is 0 Å². The SMILES string of the molecule is NCCCC(=O)N[C@@H](Cc1c[nH]c2ccc(O)cc12)C(=O)C[C@@H](Cc1ccc(Cl)cc1)C(=O)N[C@@H](Cc1ccncc1)C(=O)CCCc1c[nH]c2ccccc12. The van der Waals surface area contributed by atoms with E-state index in [9.17, 15) is 24.3 Å². The number of rotatable bonds is 20. The molecule has 0 radical (unpaired) electrons. The van der Waals surface area contributed by atoms with Gasteiger partial charge >= 0.3 is 0 Å². The van der Waals surface area contributed by atoms with Gasteiger partial charge in [0.25, 0.3) is 0 Å². The van der Waals surface area contributed by atoms with Crippen molar-refractivity contribution in [3.63, 3.8) is 0 Å². The van der Waals surface area contributed by atoms with Gasteiger partial charge in [-0.15, -0.1) is 0 Å². The van der Waals surface area contributed by atoms with Crippen molar-refractivity contribution in [2.75, 3.05) is 6.54 Å². The number of benzene rings is 3. The van der Waals surface area contributed by atoms with Crippen LogP contribution in [0.3, 0.4) is 0 Å². The molecule has 6 aromatic rings. The summed E-state index contributed by atoms with van der Waals surface area (Å²) >= 11 is 6.18. The zero-order valence-corrected chi connectivity index (χ0v) is 31.9. The van der Waals surface area contributed by atoms with Gasteiger partial charge in [-0.3, -0.25) is 24.2 Å². The van der Waals surface area contributed by atoms with Crippen molar-refractivity contribution in [1.82, 2.24) is 25.6 Å². The van der Waals surface area contributed by atoms with E-state index in [1.165, 1.54) is 0 Å². The van der Waals surface area contributed by atoms with Crippen LogP contribution in [-0.4, -0.2) is 62.1 Å². The summed E-state index contributed by atoms with van der Waals surface area (Å²) in [5.41, 5.74) is 10.9. The highest BCUT2D eigenvalue weighted by molar-refractivity contribution is 6.30. The lowest BCUT2D eigenvalue weighted by Crippen LogP contribution is -2.48. The minimum Gasteiger partial charge on any atom is -0.508 e. The Labute approximate surface area is 330 Å². The predicted molar refractivity (Wildman–Crippen MR) is 218 cm³/mol. The van der Waals surface area contributed by atoms with Crippen molar-refractivity contribution in [1.29, 1.82) is 0 Å². The number of hydrogen-bond donors (Lipinski definition) is 6. The monoisotopic (exact) mass is 774 g/mol. The minimum atomic E-state index is -0.971. The van der Waals surface area contributed by atoms with E-state index < -0.39 is 23.9 Å². The van der Waals surface area contributed by atoms with Crippen molar-refractivity contribution < 1.29 is 24.3 Å². The van der Waals surface area contributed by atoms with Crippen LogP contribution in [0.15, 0.2) is 104 Å². The summed E-state index contributed by atoms with van der Waals surface area (Å²) in [6, 6.07) is 21.8. The lowest BCUT2D eigenvalue weighted by atomic mass is 9.88. The number of aromatic hydroxyl groups is 1. The number of hydrogen-bond acceptors (Lipinski definition) is 7. The minimum absolute atomic E-state index is 0.0711. The number of carbonyl (C=O) groups is 4. The Kier molecular flexibility index (Phi) is 13.7. The Morgan fingerprint density at radius 2 is 1.43 bits per heavy atom. The van der Waals surface area contributed by atoms with Gasteiger partial charge in [0.15, 0.2) is 11.6 Å². The Bertz CT molecular complexity index is 2270. The number of phenols is 1. The maximum atomic E-state index is 14.4. The molecule has 0 unspecified atom stereocenters. The molecule has 3 atom stereocenters. The highest BCUT2D eigenvalue weighted by atomic mass is 35.5. The Morgan fingerprint density at radius 3 is 2.20 bits per heavy atom. The maximum absolute atomic E-state index is 14.4. The quantitative estimate of drug-likeness (QED) is 0.0526. The first-order valence-electron chi connectivity index (χ1n) is 19.0. The summed E-state index contributed by atoms with van der Waals surface area (Å²) in [5.74, 6) is -2.03. The van der Waals surface area contributed by atoms with Gasteiger partial charge in [0.2, 0.25) is 11.8 Å². The molecule has 3 aromatic carbocycles. The smallest absolute Gasteiger partial charge is 0.224 e. The zero-order valence-electron chi connectivity index (χ0n) is 31.1. The summed E-state index contributed by atoms with van der Waals surface area (Å²) < 4.78 is 0. The van der Waals surface area contributed by atoms with Crippen molar-refractivity contribution >= 4 is 56.8 Å². The summed E-state index contributed by atoms with van der Waals surface area (Å²) in [7, 11) is 0. The highest BCUT2D eigenvalue weighted by Crippen LogP contribution is 2.26. The topological polar surface area (TPSA) is 183 Å². The molecule has 0 saturated heterocycles. The molecule has 6 rings (SSSR count). The van der Waals surface area contributed by atoms with E-state index in [-0.39, 0.29) is 61.7 Å². The Hall–Kier alpha value is -5.78. The number of ketones is 2. The molecular weight excluding hydrogens is 728 g/mol. The number of halogens is 1. The molecular formula is C44H47ClN6O5. The number of nitrogens with zero attached hydrogens (tertiary/aromatic N) is 1. The molecule has 0 spiro atoms. The van der Waals surface area contributed by atoms with Gasteiger partial charge in [-0.25, -0.2) is 0 Å². The van der Waals surface area contributed by atoms with Gasteiger partial charge < -0.3 is 31.4 Å². The molecule has 11 nitrogen and oxygen atoms in total. The van der Waals surface area contributed by atoms with E-state index in [1.807, 2.05) is 48.7 Å². The third-order valence-corrected chi connectivity index (χ3v) is 10.4. The number of aromatic amines is 2. The average Bonchev–Trinajstić information content (AvgIpc) is 3.80. The highest BCUT2D eigenvalue weighted by Gasteiger charge is 2.31. The predicted octanol–water partition coefficient (Wildman–Crippen LogP) is 6.31. The second-order valence-corrected chi connectivity index (χ2v) is 14.7. The number of carbonyl (C=O) groups excluding carboxylic acids is 4. The van der Waals surface area contributed by atoms with Crippen LogP contribution in [0.25, 0.3) is 21.8 Å². The maximum Gasteiger partial charge on any atom is 0.224 e. The van der Waals surface area contributed by atoms with E-state index in [0.29, 0.717) is 30.8 Å². The van der Waals surface area contributed by atoms with E-state index in [0.717, 1.165) is 44.1 Å². The number of H-pyrrole nitrogens is 2. The molecule has 0 aliphatic rings. The van der Waals surface area contributed by atoms with Gasteiger partial charge in [0.05, 0.1) is 12.1 Å². The normalized spacial score (nSPS) is 13.0. The van der Waals surface area contributed by atoms with Crippen LogP contribution < -0.4 is 16.4 Å². The number of amides is 2. The zero-order chi connectivity index (χ0) is 39.4. The van der Waals surface area contributed by atoms with E-state index in [2.05, 4.69) is 31.7 Å². The number of phenolic OH excluding ortho intramolecular Hbond substituents is 1. The summed E-state index contributed by atoms with van der Waals surface area (Å²) in [4.78, 5) is 66.2. The van der Waals surface area contributed by atoms with E-state index in [1.54, 1.807) is 48.9 Å². The first-order chi connectivity index (χ1) is 27.2. The van der Waals surface area contributed by atoms with Crippen LogP contribution in [-0.2, 0) is 44.9 Å². The van der Waals surface area contributed by atoms with Crippen molar-refractivity contribution in [3.8, 4) is 5.75 Å². The molecule has 0 aliphatic carbocycles. The lowest BCUT2D eigenvalue weighted by molar-refractivity contribution is -0.133. The Balaban J connectivity index is 1.23. The molecule has 3 aromatic heterocycles. The van der Waals surface area contributed by atoms with Crippen LogP contribution in [0, 0.1) is 5.92 Å². The molecule has 56 heavy (non-hydrogen) atoms. The van der Waals surface area contributed by atoms with Gasteiger partial charge in [-0.1, -0.05) is 41.9 Å². The molecule has 0 bridgehead atoms. The third kappa shape index (κ3) is 10.7. The van der Waals surface area contributed by atoms with Gasteiger partial charge in [-0.05, 0) is 109 Å². The van der Waals surface area contributed by atoms with Crippen LogP contribution in [0.4, 0.5) is 0 Å². The molecule has 2 amide bonds. The number of Topliss-reactive ketones (excluding diaryl/α,β-unsaturated/α-hetero) is 2. The fourth-order valence-electron chi connectivity index (χ4n) is 7.13. The standard InChI is InChI=1S/C44H47ClN6O5/c45-33-12-10-28(11-13-33)21-31(24-42(54)40(50-43(55)9-4-18-46)23-32-27-49-38-15-14-34(52)25-36(32)38)44(56)51-39(22-29-16-19-47-20-17-29)41(53)8-3-5-30-26-48-37-7-2-1-6-35(30)37/h1-2,6-7,10-17,19-20,25-27,31,39-40,48-49,52H,3-5,8-9,18,21-24,46H2,(H,50,55)(H,51,56)/t31-,39+,40+/m1/s1.